The lowest BCUT2D eigenvalue weighted by molar-refractivity contribution is -0.141. The van der Waals surface area contributed by atoms with Crippen LogP contribution in [0.2, 0.25) is 0 Å². The van der Waals surface area contributed by atoms with Crippen LogP contribution in [0.25, 0.3) is 0 Å². The Balaban J connectivity index is 2.10. The molecule has 0 amide bonds. The molecule has 0 aliphatic rings. The molecule has 0 bridgehead atoms. The first kappa shape index (κ1) is 17.1. The minimum atomic E-state index is -4.67. The summed E-state index contributed by atoms with van der Waals surface area (Å²) in [4.78, 5) is 28.2. The molecule has 2 aromatic rings. The van der Waals surface area contributed by atoms with Crippen molar-refractivity contribution < 1.29 is 22.7 Å². The number of nitrogens with zero attached hydrogens (tertiary/aromatic N) is 1. The number of H-pyrrole nitrogens is 1. The van der Waals surface area contributed by atoms with E-state index >= 15 is 0 Å². The predicted molar refractivity (Wildman–Crippen MR) is 77.2 cm³/mol. The summed E-state index contributed by atoms with van der Waals surface area (Å²) >= 11 is 0.955. The van der Waals surface area contributed by atoms with Gasteiger partial charge in [-0.05, 0) is 17.7 Å². The van der Waals surface area contributed by atoms with Crippen LogP contribution >= 0.6 is 11.8 Å². The summed E-state index contributed by atoms with van der Waals surface area (Å²) < 4.78 is 42.4. The molecule has 2 rings (SSSR count). The molecule has 122 valence electrons. The van der Waals surface area contributed by atoms with Crippen molar-refractivity contribution in [3.63, 3.8) is 0 Å². The zero-order chi connectivity index (χ0) is 17.0. The Morgan fingerprint density at radius 1 is 1.30 bits per heavy atom. The van der Waals surface area contributed by atoms with Gasteiger partial charge in [0.15, 0.2) is 10.9 Å². The van der Waals surface area contributed by atoms with E-state index in [1.54, 1.807) is 24.3 Å². The van der Waals surface area contributed by atoms with Crippen molar-refractivity contribution >= 4 is 17.7 Å². The maximum atomic E-state index is 12.6. The highest BCUT2D eigenvalue weighted by molar-refractivity contribution is 7.98. The molecule has 1 heterocycles. The Kier molecular flexibility index (Phi) is 5.09. The summed E-state index contributed by atoms with van der Waals surface area (Å²) in [7, 11) is 1.27. The van der Waals surface area contributed by atoms with Gasteiger partial charge in [-0.2, -0.15) is 13.2 Å². The van der Waals surface area contributed by atoms with Crippen LogP contribution in [0.15, 0.2) is 40.3 Å². The summed E-state index contributed by atoms with van der Waals surface area (Å²) in [6.45, 7) is 0. The van der Waals surface area contributed by atoms with Crippen molar-refractivity contribution in [2.24, 2.45) is 0 Å². The maximum absolute atomic E-state index is 12.6. The summed E-state index contributed by atoms with van der Waals surface area (Å²) in [5.41, 5.74) is -0.977. The van der Waals surface area contributed by atoms with Gasteiger partial charge in [0.2, 0.25) is 0 Å². The number of carbonyl (C=O) groups is 1. The minimum absolute atomic E-state index is 0.123. The zero-order valence-corrected chi connectivity index (χ0v) is 12.6. The first-order valence-electron chi connectivity index (χ1n) is 6.28. The number of thioether (sulfide) groups is 1. The van der Waals surface area contributed by atoms with E-state index in [0.717, 1.165) is 17.3 Å². The number of aromatic nitrogens is 2. The monoisotopic (exact) mass is 344 g/mol. The smallest absolute Gasteiger partial charge is 0.433 e. The van der Waals surface area contributed by atoms with Crippen LogP contribution in [0.1, 0.15) is 21.6 Å². The lowest BCUT2D eigenvalue weighted by Gasteiger charge is -2.07. The molecule has 0 unspecified atom stereocenters. The van der Waals surface area contributed by atoms with Crippen molar-refractivity contribution in [3.05, 3.63) is 57.5 Å². The second kappa shape index (κ2) is 6.86. The molecule has 0 saturated heterocycles. The van der Waals surface area contributed by atoms with Gasteiger partial charge >= 0.3 is 12.1 Å². The highest BCUT2D eigenvalue weighted by atomic mass is 32.2. The number of rotatable bonds is 4. The minimum Gasteiger partial charge on any atom is -0.465 e. The molecule has 5 nitrogen and oxygen atoms in total. The number of nitrogens with one attached hydrogen (secondary N) is 1. The Morgan fingerprint density at radius 3 is 2.52 bits per heavy atom. The highest BCUT2D eigenvalue weighted by Crippen LogP contribution is 2.28. The second-order valence-electron chi connectivity index (χ2n) is 4.41. The summed E-state index contributed by atoms with van der Waals surface area (Å²) in [5.74, 6) is -0.195. The molecule has 1 N–H and O–H groups in total. The van der Waals surface area contributed by atoms with Gasteiger partial charge in [-0.1, -0.05) is 23.9 Å². The van der Waals surface area contributed by atoms with Crippen LogP contribution in [0.4, 0.5) is 13.2 Å². The van der Waals surface area contributed by atoms with Crippen LogP contribution in [-0.2, 0) is 16.7 Å². The van der Waals surface area contributed by atoms with Gasteiger partial charge in [-0.25, -0.2) is 9.78 Å². The lowest BCUT2D eigenvalue weighted by Crippen LogP contribution is -2.16. The molecule has 0 saturated carbocycles. The Labute approximate surface area is 132 Å². The quantitative estimate of drug-likeness (QED) is 0.525. The van der Waals surface area contributed by atoms with E-state index in [2.05, 4.69) is 14.7 Å². The topological polar surface area (TPSA) is 72.0 Å². The van der Waals surface area contributed by atoms with E-state index in [0.29, 0.717) is 11.6 Å². The molecular weight excluding hydrogens is 333 g/mol. The van der Waals surface area contributed by atoms with Gasteiger partial charge < -0.3 is 9.72 Å². The van der Waals surface area contributed by atoms with Gasteiger partial charge in [0.1, 0.15) is 0 Å². The maximum Gasteiger partial charge on any atom is 0.433 e. The van der Waals surface area contributed by atoms with Gasteiger partial charge in [0.25, 0.3) is 5.56 Å². The van der Waals surface area contributed by atoms with Crippen molar-refractivity contribution in [2.75, 3.05) is 7.11 Å². The van der Waals surface area contributed by atoms with Crippen LogP contribution in [0.5, 0.6) is 0 Å². The van der Waals surface area contributed by atoms with E-state index in [4.69, 9.17) is 0 Å². The number of aromatic amines is 1. The molecule has 0 aliphatic carbocycles. The number of halogens is 3. The third-order valence-corrected chi connectivity index (χ3v) is 3.71. The Hall–Kier alpha value is -2.29. The molecule has 0 spiro atoms. The summed E-state index contributed by atoms with van der Waals surface area (Å²) in [5, 5.41) is -0.123. The van der Waals surface area contributed by atoms with E-state index in [9.17, 15) is 22.8 Å². The third-order valence-electron chi connectivity index (χ3n) is 2.76. The van der Waals surface area contributed by atoms with Crippen molar-refractivity contribution in [1.82, 2.24) is 9.97 Å². The molecule has 1 aromatic heterocycles. The fourth-order valence-electron chi connectivity index (χ4n) is 1.66. The molecular formula is C14H11F3N2O3S. The number of ether oxygens (including phenoxy) is 1. The largest absolute Gasteiger partial charge is 0.465 e. The molecule has 0 aliphatic heterocycles. The molecule has 1 aromatic carbocycles. The first-order valence-corrected chi connectivity index (χ1v) is 7.27. The van der Waals surface area contributed by atoms with Crippen LogP contribution in [0.3, 0.4) is 0 Å². The van der Waals surface area contributed by atoms with Crippen molar-refractivity contribution in [3.8, 4) is 0 Å². The molecule has 9 heteroatoms. The van der Waals surface area contributed by atoms with Crippen LogP contribution < -0.4 is 5.56 Å². The van der Waals surface area contributed by atoms with E-state index in [1.807, 2.05) is 0 Å². The molecule has 0 radical (unpaired) electrons. The summed E-state index contributed by atoms with van der Waals surface area (Å²) in [6.07, 6.45) is -4.67. The van der Waals surface area contributed by atoms with Crippen LogP contribution in [-0.4, -0.2) is 23.0 Å². The number of hydrogen-bond donors (Lipinski definition) is 1. The molecule has 23 heavy (non-hydrogen) atoms. The number of hydrogen-bond acceptors (Lipinski definition) is 5. The number of benzene rings is 1. The SMILES string of the molecule is COC(=O)c1ccc(CSc2nc(C(F)(F)F)cc(=O)[nH]2)cc1. The number of esters is 1. The van der Waals surface area contributed by atoms with Crippen molar-refractivity contribution in [1.29, 1.82) is 0 Å². The average Bonchev–Trinajstić information content (AvgIpc) is 2.51. The van der Waals surface area contributed by atoms with Gasteiger partial charge in [-0.3, -0.25) is 4.79 Å². The Bertz CT molecular complexity index is 757. The van der Waals surface area contributed by atoms with Crippen molar-refractivity contribution in [2.45, 2.75) is 17.1 Å². The zero-order valence-electron chi connectivity index (χ0n) is 11.8. The van der Waals surface area contributed by atoms with Gasteiger partial charge in [0, 0.05) is 11.8 Å². The van der Waals surface area contributed by atoms with Gasteiger partial charge in [-0.15, -0.1) is 0 Å². The highest BCUT2D eigenvalue weighted by Gasteiger charge is 2.33. The normalized spacial score (nSPS) is 11.3. The Morgan fingerprint density at radius 2 is 1.96 bits per heavy atom. The number of carbonyl (C=O) groups excluding carboxylic acids is 1. The van der Waals surface area contributed by atoms with E-state index in [-0.39, 0.29) is 10.9 Å². The summed E-state index contributed by atoms with van der Waals surface area (Å²) in [6, 6.07) is 6.79. The molecule has 0 atom stereocenters. The average molecular weight is 344 g/mol. The van der Waals surface area contributed by atoms with E-state index < -0.39 is 23.4 Å². The van der Waals surface area contributed by atoms with E-state index in [1.165, 1.54) is 7.11 Å². The first-order chi connectivity index (χ1) is 10.8. The van der Waals surface area contributed by atoms with Crippen LogP contribution in [0, 0.1) is 0 Å². The second-order valence-corrected chi connectivity index (χ2v) is 5.37. The molecule has 0 fully saturated rings. The standard InChI is InChI=1S/C14H11F3N2O3S/c1-22-12(21)9-4-2-8(3-5-9)7-23-13-18-10(14(15,16)17)6-11(20)19-13/h2-6H,7H2,1H3,(H,18,19,20). The fraction of sp³-hybridized carbons (Fsp3) is 0.214. The third kappa shape index (κ3) is 4.59. The number of methoxy groups -OCH3 is 1. The fourth-order valence-corrected chi connectivity index (χ4v) is 2.49. The predicted octanol–water partition coefficient (Wildman–Crippen LogP) is 2.87. The lowest BCUT2D eigenvalue weighted by atomic mass is 10.1. The number of alkyl halides is 3. The van der Waals surface area contributed by atoms with Gasteiger partial charge in [0.05, 0.1) is 12.7 Å².